The lowest BCUT2D eigenvalue weighted by Gasteiger charge is -2.02. The maximum atomic E-state index is 5.55. The monoisotopic (exact) mass is 186 g/mol. The summed E-state index contributed by atoms with van der Waals surface area (Å²) in [5.74, 6) is 0.899. The van der Waals surface area contributed by atoms with Crippen LogP contribution in [0.15, 0.2) is 10.6 Å². The summed E-state index contributed by atoms with van der Waals surface area (Å²) in [4.78, 5) is 0. The Kier molecular flexibility index (Phi) is 5.77. The molecule has 0 radical (unpaired) electrons. The molecule has 0 rings (SSSR count). The average molecular weight is 187 g/mol. The Hall–Kier alpha value is 0.610. The standard InChI is InChI=1S/C6H9Cl3/c1-2-5(4-7)3-6(8)9/h3,5H,2,4H2,1H3. The Morgan fingerprint density at radius 2 is 2.11 bits per heavy atom. The lowest BCUT2D eigenvalue weighted by Crippen LogP contribution is -1.94. The van der Waals surface area contributed by atoms with Gasteiger partial charge in [0.05, 0.1) is 0 Å². The van der Waals surface area contributed by atoms with Gasteiger partial charge in [-0.15, -0.1) is 11.6 Å². The van der Waals surface area contributed by atoms with Crippen LogP contribution in [-0.4, -0.2) is 5.88 Å². The smallest absolute Gasteiger partial charge is 0.103 e. The highest BCUT2D eigenvalue weighted by Crippen LogP contribution is 2.14. The Bertz CT molecular complexity index is 90.5. The van der Waals surface area contributed by atoms with Crippen LogP contribution >= 0.6 is 34.8 Å². The molecule has 0 spiro atoms. The predicted octanol–water partition coefficient (Wildman–Crippen LogP) is 3.57. The van der Waals surface area contributed by atoms with Gasteiger partial charge in [0, 0.05) is 5.88 Å². The molecule has 0 fully saturated rings. The van der Waals surface area contributed by atoms with Crippen LogP contribution in [-0.2, 0) is 0 Å². The van der Waals surface area contributed by atoms with Gasteiger partial charge >= 0.3 is 0 Å². The normalized spacial score (nSPS) is 12.9. The van der Waals surface area contributed by atoms with E-state index in [1.54, 1.807) is 6.08 Å². The lowest BCUT2D eigenvalue weighted by molar-refractivity contribution is 0.705. The fourth-order valence-electron chi connectivity index (χ4n) is 0.450. The number of allylic oxidation sites excluding steroid dienone is 1. The number of hydrogen-bond donors (Lipinski definition) is 0. The van der Waals surface area contributed by atoms with Crippen LogP contribution in [0, 0.1) is 5.92 Å². The van der Waals surface area contributed by atoms with Crippen molar-refractivity contribution in [2.24, 2.45) is 5.92 Å². The molecule has 0 aromatic heterocycles. The summed E-state index contributed by atoms with van der Waals surface area (Å²) in [6, 6.07) is 0. The first-order valence-electron chi connectivity index (χ1n) is 2.79. The van der Waals surface area contributed by atoms with Crippen LogP contribution in [0.25, 0.3) is 0 Å². The third-order valence-electron chi connectivity index (χ3n) is 1.08. The Morgan fingerprint density at radius 3 is 2.22 bits per heavy atom. The second-order valence-electron chi connectivity index (χ2n) is 1.78. The summed E-state index contributed by atoms with van der Waals surface area (Å²) in [5.41, 5.74) is 0. The van der Waals surface area contributed by atoms with Gasteiger partial charge < -0.3 is 0 Å². The minimum absolute atomic E-state index is 0.308. The molecule has 0 saturated heterocycles. The highest BCUT2D eigenvalue weighted by Gasteiger charge is 1.99. The van der Waals surface area contributed by atoms with Crippen molar-refractivity contribution >= 4 is 34.8 Å². The molecule has 0 N–H and O–H groups in total. The van der Waals surface area contributed by atoms with Crippen molar-refractivity contribution in [2.75, 3.05) is 5.88 Å². The minimum atomic E-state index is 0.308. The third kappa shape index (κ3) is 5.07. The fourth-order valence-corrected chi connectivity index (χ4v) is 1.11. The first-order chi connectivity index (χ1) is 4.20. The second-order valence-corrected chi connectivity index (χ2v) is 3.10. The first kappa shape index (κ1) is 9.61. The van der Waals surface area contributed by atoms with Gasteiger partial charge in [-0.2, -0.15) is 0 Å². The molecule has 0 aliphatic heterocycles. The van der Waals surface area contributed by atoms with E-state index in [4.69, 9.17) is 34.8 Å². The Labute approximate surface area is 70.8 Å². The molecular formula is C6H9Cl3. The van der Waals surface area contributed by atoms with Crippen LogP contribution in [0.4, 0.5) is 0 Å². The summed E-state index contributed by atoms with van der Waals surface area (Å²) in [6.45, 7) is 2.04. The number of rotatable bonds is 3. The topological polar surface area (TPSA) is 0 Å². The van der Waals surface area contributed by atoms with E-state index in [0.717, 1.165) is 6.42 Å². The van der Waals surface area contributed by atoms with Crippen molar-refractivity contribution in [1.82, 2.24) is 0 Å². The molecule has 0 aromatic carbocycles. The van der Waals surface area contributed by atoms with Crippen LogP contribution in [0.3, 0.4) is 0 Å². The molecule has 0 aromatic rings. The molecule has 0 amide bonds. The van der Waals surface area contributed by atoms with E-state index in [1.165, 1.54) is 0 Å². The van der Waals surface area contributed by atoms with Crippen molar-refractivity contribution < 1.29 is 0 Å². The van der Waals surface area contributed by atoms with Gasteiger partial charge in [-0.05, 0) is 18.4 Å². The van der Waals surface area contributed by atoms with Crippen molar-refractivity contribution in [1.29, 1.82) is 0 Å². The molecule has 0 bridgehead atoms. The molecule has 0 saturated carbocycles. The van der Waals surface area contributed by atoms with E-state index >= 15 is 0 Å². The zero-order valence-corrected chi connectivity index (χ0v) is 7.47. The maximum Gasteiger partial charge on any atom is 0.103 e. The molecular weight excluding hydrogens is 178 g/mol. The number of hydrogen-bond acceptors (Lipinski definition) is 0. The summed E-state index contributed by atoms with van der Waals surface area (Å²) < 4.78 is 0.308. The summed E-state index contributed by atoms with van der Waals surface area (Å²) in [7, 11) is 0. The van der Waals surface area contributed by atoms with Crippen LogP contribution in [0.2, 0.25) is 0 Å². The highest BCUT2D eigenvalue weighted by atomic mass is 35.5. The SMILES string of the molecule is CCC(C=C(Cl)Cl)CCl. The van der Waals surface area contributed by atoms with Crippen LogP contribution < -0.4 is 0 Å². The van der Waals surface area contributed by atoms with Gasteiger partial charge in [-0.1, -0.05) is 30.1 Å². The highest BCUT2D eigenvalue weighted by molar-refractivity contribution is 6.55. The molecule has 0 aliphatic rings. The van der Waals surface area contributed by atoms with Crippen molar-refractivity contribution in [3.8, 4) is 0 Å². The maximum absolute atomic E-state index is 5.55. The minimum Gasteiger partial charge on any atom is -0.126 e. The van der Waals surface area contributed by atoms with Gasteiger partial charge in [0.25, 0.3) is 0 Å². The first-order valence-corrected chi connectivity index (χ1v) is 4.08. The molecule has 0 heterocycles. The van der Waals surface area contributed by atoms with Crippen molar-refractivity contribution in [3.05, 3.63) is 10.6 Å². The van der Waals surface area contributed by atoms with Gasteiger partial charge in [0.1, 0.15) is 4.49 Å². The molecule has 0 aliphatic carbocycles. The van der Waals surface area contributed by atoms with E-state index in [-0.39, 0.29) is 0 Å². The third-order valence-corrected chi connectivity index (χ3v) is 1.73. The zero-order chi connectivity index (χ0) is 7.28. The molecule has 9 heavy (non-hydrogen) atoms. The van der Waals surface area contributed by atoms with Gasteiger partial charge in [0.15, 0.2) is 0 Å². The molecule has 1 unspecified atom stereocenters. The van der Waals surface area contributed by atoms with E-state index < -0.39 is 0 Å². The number of alkyl halides is 1. The fraction of sp³-hybridized carbons (Fsp3) is 0.667. The molecule has 0 nitrogen and oxygen atoms in total. The van der Waals surface area contributed by atoms with Crippen molar-refractivity contribution in [2.45, 2.75) is 13.3 Å². The van der Waals surface area contributed by atoms with E-state index in [1.807, 2.05) is 6.92 Å². The van der Waals surface area contributed by atoms with Crippen LogP contribution in [0.1, 0.15) is 13.3 Å². The van der Waals surface area contributed by atoms with Gasteiger partial charge in [0.2, 0.25) is 0 Å². The zero-order valence-electron chi connectivity index (χ0n) is 5.20. The predicted molar refractivity (Wildman–Crippen MR) is 44.3 cm³/mol. The number of halogens is 3. The molecule has 54 valence electrons. The van der Waals surface area contributed by atoms with E-state index in [2.05, 4.69) is 0 Å². The average Bonchev–Trinajstić information content (AvgIpc) is 1.82. The van der Waals surface area contributed by atoms with E-state index in [9.17, 15) is 0 Å². The summed E-state index contributed by atoms with van der Waals surface area (Å²) >= 11 is 16.3. The summed E-state index contributed by atoms with van der Waals surface area (Å²) in [5, 5.41) is 0. The van der Waals surface area contributed by atoms with Gasteiger partial charge in [-0.25, -0.2) is 0 Å². The summed E-state index contributed by atoms with van der Waals surface area (Å²) in [6.07, 6.45) is 2.74. The van der Waals surface area contributed by atoms with Crippen molar-refractivity contribution in [3.63, 3.8) is 0 Å². The van der Waals surface area contributed by atoms with Gasteiger partial charge in [-0.3, -0.25) is 0 Å². The molecule has 3 heteroatoms. The van der Waals surface area contributed by atoms with E-state index in [0.29, 0.717) is 16.3 Å². The second kappa shape index (κ2) is 5.40. The Balaban J connectivity index is 3.68. The largest absolute Gasteiger partial charge is 0.126 e. The molecule has 1 atom stereocenters. The van der Waals surface area contributed by atoms with Crippen LogP contribution in [0.5, 0.6) is 0 Å². The Morgan fingerprint density at radius 1 is 1.56 bits per heavy atom. The lowest BCUT2D eigenvalue weighted by atomic mass is 10.1. The quantitative estimate of drug-likeness (QED) is 0.593.